The smallest absolute Gasteiger partial charge is 0.0799 e. The highest BCUT2D eigenvalue weighted by Gasteiger charge is 2.10. The Labute approximate surface area is 79.2 Å². The van der Waals surface area contributed by atoms with Crippen LogP contribution in [0.1, 0.15) is 26.2 Å². The molecule has 0 rings (SSSR count). The molecule has 0 aliphatic heterocycles. The molecule has 0 aromatic carbocycles. The van der Waals surface area contributed by atoms with E-state index in [2.05, 4.69) is 6.92 Å². The van der Waals surface area contributed by atoms with E-state index in [0.29, 0.717) is 6.61 Å². The van der Waals surface area contributed by atoms with Crippen LogP contribution < -0.4 is 0 Å². The van der Waals surface area contributed by atoms with E-state index in [1.54, 1.807) is 0 Å². The third-order valence-corrected chi connectivity index (χ3v) is 1.71. The van der Waals surface area contributed by atoms with Crippen molar-refractivity contribution >= 4 is 0 Å². The van der Waals surface area contributed by atoms with Crippen LogP contribution in [-0.4, -0.2) is 47.3 Å². The van der Waals surface area contributed by atoms with E-state index >= 15 is 0 Å². The molecule has 3 N–H and O–H groups in total. The highest BCUT2D eigenvalue weighted by atomic mass is 16.5. The molecule has 0 heterocycles. The summed E-state index contributed by atoms with van der Waals surface area (Å²) in [5, 5.41) is 26.7. The SMILES string of the molecule is CCCCOCC(O)CC(O)CO. The summed E-state index contributed by atoms with van der Waals surface area (Å²) in [7, 11) is 0. The first-order chi connectivity index (χ1) is 6.20. The van der Waals surface area contributed by atoms with Gasteiger partial charge < -0.3 is 20.1 Å². The molecule has 4 heteroatoms. The van der Waals surface area contributed by atoms with Gasteiger partial charge in [-0.3, -0.25) is 0 Å². The van der Waals surface area contributed by atoms with Crippen LogP contribution in [0.4, 0.5) is 0 Å². The summed E-state index contributed by atoms with van der Waals surface area (Å²) in [6, 6.07) is 0. The van der Waals surface area contributed by atoms with Gasteiger partial charge in [0.1, 0.15) is 0 Å². The van der Waals surface area contributed by atoms with Gasteiger partial charge in [-0.1, -0.05) is 13.3 Å². The second-order valence-corrected chi connectivity index (χ2v) is 3.15. The fourth-order valence-electron chi connectivity index (χ4n) is 0.922. The summed E-state index contributed by atoms with van der Waals surface area (Å²) in [5.74, 6) is 0. The molecule has 0 aliphatic carbocycles. The Hall–Kier alpha value is -0.160. The molecule has 0 bridgehead atoms. The molecule has 0 radical (unpaired) electrons. The lowest BCUT2D eigenvalue weighted by atomic mass is 10.2. The standard InChI is InChI=1S/C9H20O4/c1-2-3-4-13-7-9(12)5-8(11)6-10/h8-12H,2-7H2,1H3. The molecule has 80 valence electrons. The molecule has 2 unspecified atom stereocenters. The molecule has 2 atom stereocenters. The van der Waals surface area contributed by atoms with Crippen molar-refractivity contribution in [3.8, 4) is 0 Å². The van der Waals surface area contributed by atoms with Gasteiger partial charge in [0.2, 0.25) is 0 Å². The zero-order chi connectivity index (χ0) is 10.1. The molecule has 0 aliphatic rings. The van der Waals surface area contributed by atoms with Gasteiger partial charge in [0.05, 0.1) is 25.4 Å². The summed E-state index contributed by atoms with van der Waals surface area (Å²) >= 11 is 0. The lowest BCUT2D eigenvalue weighted by Gasteiger charge is -2.13. The summed E-state index contributed by atoms with van der Waals surface area (Å²) in [4.78, 5) is 0. The van der Waals surface area contributed by atoms with E-state index in [4.69, 9.17) is 14.9 Å². The van der Waals surface area contributed by atoms with Crippen molar-refractivity contribution in [2.24, 2.45) is 0 Å². The third kappa shape index (κ3) is 8.18. The minimum atomic E-state index is -0.843. The van der Waals surface area contributed by atoms with Crippen LogP contribution in [0.25, 0.3) is 0 Å². The number of aliphatic hydroxyl groups is 3. The topological polar surface area (TPSA) is 69.9 Å². The maximum absolute atomic E-state index is 9.25. The molecule has 0 aromatic rings. The van der Waals surface area contributed by atoms with Crippen molar-refractivity contribution in [1.82, 2.24) is 0 Å². The van der Waals surface area contributed by atoms with E-state index in [1.807, 2.05) is 0 Å². The lowest BCUT2D eigenvalue weighted by Crippen LogP contribution is -2.24. The summed E-state index contributed by atoms with van der Waals surface area (Å²) in [5.41, 5.74) is 0. The Kier molecular flexibility index (Phi) is 8.33. The average molecular weight is 192 g/mol. The van der Waals surface area contributed by atoms with Crippen molar-refractivity contribution in [3.63, 3.8) is 0 Å². The Morgan fingerprint density at radius 3 is 2.46 bits per heavy atom. The molecule has 13 heavy (non-hydrogen) atoms. The molecule has 0 saturated carbocycles. The summed E-state index contributed by atoms with van der Waals surface area (Å²) in [6.45, 7) is 2.63. The average Bonchev–Trinajstić information content (AvgIpc) is 2.12. The number of ether oxygens (including phenoxy) is 1. The van der Waals surface area contributed by atoms with Gasteiger partial charge in [0, 0.05) is 13.0 Å². The van der Waals surface area contributed by atoms with E-state index in [9.17, 15) is 5.11 Å². The second-order valence-electron chi connectivity index (χ2n) is 3.15. The van der Waals surface area contributed by atoms with Crippen molar-refractivity contribution in [3.05, 3.63) is 0 Å². The molecule has 0 saturated heterocycles. The first-order valence-corrected chi connectivity index (χ1v) is 4.75. The van der Waals surface area contributed by atoms with E-state index < -0.39 is 12.2 Å². The van der Waals surface area contributed by atoms with Gasteiger partial charge in [0.25, 0.3) is 0 Å². The Bertz CT molecular complexity index is 108. The Morgan fingerprint density at radius 1 is 1.23 bits per heavy atom. The molecular formula is C9H20O4. The quantitative estimate of drug-likeness (QED) is 0.470. The monoisotopic (exact) mass is 192 g/mol. The number of hydrogen-bond donors (Lipinski definition) is 3. The highest BCUT2D eigenvalue weighted by molar-refractivity contribution is 4.61. The van der Waals surface area contributed by atoms with Gasteiger partial charge in [-0.2, -0.15) is 0 Å². The maximum Gasteiger partial charge on any atom is 0.0799 e. The van der Waals surface area contributed by atoms with Crippen LogP contribution in [0.3, 0.4) is 0 Å². The first kappa shape index (κ1) is 12.8. The Morgan fingerprint density at radius 2 is 1.92 bits per heavy atom. The zero-order valence-electron chi connectivity index (χ0n) is 8.15. The predicted octanol–water partition coefficient (Wildman–Crippen LogP) is -0.0927. The zero-order valence-corrected chi connectivity index (χ0v) is 8.15. The van der Waals surface area contributed by atoms with Crippen LogP contribution in [0.2, 0.25) is 0 Å². The van der Waals surface area contributed by atoms with Crippen molar-refractivity contribution in [2.45, 2.75) is 38.4 Å². The van der Waals surface area contributed by atoms with Crippen LogP contribution in [-0.2, 0) is 4.74 Å². The van der Waals surface area contributed by atoms with Crippen LogP contribution in [0, 0.1) is 0 Å². The highest BCUT2D eigenvalue weighted by Crippen LogP contribution is 1.99. The predicted molar refractivity (Wildman–Crippen MR) is 49.4 cm³/mol. The number of hydrogen-bond acceptors (Lipinski definition) is 4. The van der Waals surface area contributed by atoms with Gasteiger partial charge in [0.15, 0.2) is 0 Å². The molecule has 0 spiro atoms. The fraction of sp³-hybridized carbons (Fsp3) is 1.00. The van der Waals surface area contributed by atoms with Crippen molar-refractivity contribution < 1.29 is 20.1 Å². The minimum absolute atomic E-state index is 0.169. The first-order valence-electron chi connectivity index (χ1n) is 4.75. The summed E-state index contributed by atoms with van der Waals surface area (Å²) in [6.07, 6.45) is 0.691. The van der Waals surface area contributed by atoms with Crippen LogP contribution >= 0.6 is 0 Å². The minimum Gasteiger partial charge on any atom is -0.394 e. The number of aliphatic hydroxyl groups excluding tert-OH is 3. The van der Waals surface area contributed by atoms with Crippen LogP contribution in [0.15, 0.2) is 0 Å². The van der Waals surface area contributed by atoms with Gasteiger partial charge >= 0.3 is 0 Å². The molecular weight excluding hydrogens is 172 g/mol. The van der Waals surface area contributed by atoms with Gasteiger partial charge in [-0.15, -0.1) is 0 Å². The van der Waals surface area contributed by atoms with Crippen molar-refractivity contribution in [2.75, 3.05) is 19.8 Å². The maximum atomic E-state index is 9.25. The van der Waals surface area contributed by atoms with Gasteiger partial charge in [-0.25, -0.2) is 0 Å². The fourth-order valence-corrected chi connectivity index (χ4v) is 0.922. The summed E-state index contributed by atoms with van der Waals surface area (Å²) < 4.78 is 5.14. The van der Waals surface area contributed by atoms with Crippen LogP contribution in [0.5, 0.6) is 0 Å². The molecule has 0 fully saturated rings. The third-order valence-electron chi connectivity index (χ3n) is 1.71. The largest absolute Gasteiger partial charge is 0.394 e. The number of rotatable bonds is 8. The van der Waals surface area contributed by atoms with E-state index in [1.165, 1.54) is 0 Å². The Balaban J connectivity index is 3.24. The number of unbranched alkanes of at least 4 members (excludes halogenated alkanes) is 1. The molecule has 0 aromatic heterocycles. The molecule has 4 nitrogen and oxygen atoms in total. The normalized spacial score (nSPS) is 15.7. The lowest BCUT2D eigenvalue weighted by molar-refractivity contribution is -0.00648. The van der Waals surface area contributed by atoms with Crippen molar-refractivity contribution in [1.29, 1.82) is 0 Å². The van der Waals surface area contributed by atoms with Gasteiger partial charge in [-0.05, 0) is 6.42 Å². The second kappa shape index (κ2) is 8.44. The van der Waals surface area contributed by atoms with E-state index in [-0.39, 0.29) is 19.6 Å². The van der Waals surface area contributed by atoms with E-state index in [0.717, 1.165) is 12.8 Å². The molecule has 0 amide bonds.